The zero-order valence-electron chi connectivity index (χ0n) is 39.6. The first-order valence-electron chi connectivity index (χ1n) is 23.3. The molecule has 0 bridgehead atoms. The number of nitrogens with zero attached hydrogens (tertiary/aromatic N) is 3. The number of hydrogen-bond donors (Lipinski definition) is 3. The third-order valence-electron chi connectivity index (χ3n) is 12.7. The fourth-order valence-corrected chi connectivity index (χ4v) is 10.7. The van der Waals surface area contributed by atoms with Crippen molar-refractivity contribution in [1.29, 1.82) is 0 Å². The van der Waals surface area contributed by atoms with E-state index >= 15 is 0 Å². The average molecular weight is 1050 g/mol. The third kappa shape index (κ3) is 16.8. The smallest absolute Gasteiger partial charge is 0.329 e. The second-order valence-corrected chi connectivity index (χ2v) is 20.5. The molecule has 1 aromatic heterocycles. The van der Waals surface area contributed by atoms with Crippen molar-refractivity contribution in [2.45, 2.75) is 62.8 Å². The number of aromatic nitrogens is 1. The number of thioether (sulfide) groups is 1. The van der Waals surface area contributed by atoms with Crippen LogP contribution >= 0.6 is 59.8 Å². The van der Waals surface area contributed by atoms with Crippen molar-refractivity contribution in [2.75, 3.05) is 51.7 Å². The van der Waals surface area contributed by atoms with E-state index in [-0.39, 0.29) is 54.5 Å². The minimum absolute atomic E-state index is 0. The zero-order valence-corrected chi connectivity index (χ0v) is 43.6. The van der Waals surface area contributed by atoms with Gasteiger partial charge >= 0.3 is 11.9 Å². The van der Waals surface area contributed by atoms with Gasteiger partial charge in [0, 0.05) is 59.2 Å². The van der Waals surface area contributed by atoms with Gasteiger partial charge in [-0.2, -0.15) is 11.8 Å². The van der Waals surface area contributed by atoms with E-state index in [4.69, 9.17) is 38.0 Å². The number of piperazine rings is 1. The fourth-order valence-electron chi connectivity index (χ4n) is 8.85. The van der Waals surface area contributed by atoms with Crippen LogP contribution in [0.1, 0.15) is 89.9 Å². The first kappa shape index (κ1) is 56.5. The van der Waals surface area contributed by atoms with Crippen LogP contribution in [0.2, 0.25) is 10.0 Å². The van der Waals surface area contributed by atoms with Crippen molar-refractivity contribution in [3.8, 4) is 0 Å². The normalized spacial score (nSPS) is 15.5. The Morgan fingerprint density at radius 2 is 1.43 bits per heavy atom. The molecule has 0 amide bonds. The van der Waals surface area contributed by atoms with E-state index in [1.165, 1.54) is 16.7 Å². The Morgan fingerprint density at radius 3 is 2.11 bits per heavy atom. The highest BCUT2D eigenvalue weighted by molar-refractivity contribution is 7.99. The van der Waals surface area contributed by atoms with Crippen LogP contribution in [0.5, 0.6) is 0 Å². The minimum atomic E-state index is -0.923. The molecular weight excluding hydrogens is 985 g/mol. The Labute approximate surface area is 439 Å². The molecule has 2 aliphatic rings. The number of aliphatic hydroxyl groups is 1. The first-order valence-corrected chi connectivity index (χ1v) is 25.1. The molecule has 9 nitrogen and oxygen atoms in total. The molecule has 0 radical (unpaired) electrons. The number of benzene rings is 5. The van der Waals surface area contributed by atoms with Gasteiger partial charge < -0.3 is 20.1 Å². The standard InChI is InChI=1S/C35H36ClNO3S.C21H25ClN2O3.2ClH/c1-34(2,40)30-9-4-3-7-25(30)13-17-32(41-23-35(18-19-35)22-33(38)39)27-8-5-6-24(20-27)10-15-29-16-12-26-11-14-28(36)21-31(26)37-29;22-19-8-6-18(7-9-19)21(17-4-2-1-3-5-17)24-12-10-23(11-13-24)14-15-27-16-20(25)26;;/h3-12,14-16,20-21,32,40H,13,17-19,22-23H2,1-2H3,(H,38,39);1-9,21H,10-16H2,(H,25,26);2*1H/b15-10+;;;/t32-;21-;;/m11../s1. The monoisotopic (exact) mass is 1050 g/mol. The van der Waals surface area contributed by atoms with Crippen LogP contribution in [0.25, 0.3) is 23.1 Å². The van der Waals surface area contributed by atoms with Crippen molar-refractivity contribution in [1.82, 2.24) is 14.8 Å². The lowest BCUT2D eigenvalue weighted by Gasteiger charge is -2.39. The van der Waals surface area contributed by atoms with Gasteiger partial charge in [-0.25, -0.2) is 9.78 Å². The largest absolute Gasteiger partial charge is 0.481 e. The molecule has 372 valence electrons. The molecule has 3 N–H and O–H groups in total. The number of aliphatic carboxylic acids is 2. The molecule has 14 heteroatoms. The van der Waals surface area contributed by atoms with E-state index in [0.29, 0.717) is 11.6 Å². The first-order chi connectivity index (χ1) is 32.7. The molecule has 1 aliphatic carbocycles. The SMILES string of the molecule is CC(C)(O)c1ccccc1CC[C@@H](SCC1(CC(=O)O)CC1)c1cccc(/C=C/c2ccc3ccc(Cl)cc3n2)c1.Cl.Cl.O=C(O)COCCN1CCN([C@H](c2ccccc2)c2ccc(Cl)cc2)CC1. The van der Waals surface area contributed by atoms with Crippen LogP contribution in [-0.4, -0.2) is 93.7 Å². The lowest BCUT2D eigenvalue weighted by atomic mass is 9.90. The predicted octanol–water partition coefficient (Wildman–Crippen LogP) is 12.9. The highest BCUT2D eigenvalue weighted by Crippen LogP contribution is 2.53. The van der Waals surface area contributed by atoms with Crippen LogP contribution in [0.3, 0.4) is 0 Å². The average Bonchev–Trinajstić information content (AvgIpc) is 4.09. The Hall–Kier alpha value is -4.46. The summed E-state index contributed by atoms with van der Waals surface area (Å²) in [6.45, 7) is 8.41. The van der Waals surface area contributed by atoms with Crippen molar-refractivity contribution in [3.63, 3.8) is 0 Å². The van der Waals surface area contributed by atoms with Gasteiger partial charge in [0.1, 0.15) is 6.61 Å². The maximum Gasteiger partial charge on any atom is 0.329 e. The van der Waals surface area contributed by atoms with Gasteiger partial charge in [0.05, 0.1) is 35.9 Å². The summed E-state index contributed by atoms with van der Waals surface area (Å²) >= 11 is 14.1. The van der Waals surface area contributed by atoms with Crippen molar-refractivity contribution >= 4 is 94.8 Å². The van der Waals surface area contributed by atoms with Gasteiger partial charge in [-0.15, -0.1) is 24.8 Å². The van der Waals surface area contributed by atoms with Crippen molar-refractivity contribution < 1.29 is 29.6 Å². The number of carboxylic acid groups (broad SMARTS) is 2. The lowest BCUT2D eigenvalue weighted by molar-refractivity contribution is -0.142. The second-order valence-electron chi connectivity index (χ2n) is 18.4. The van der Waals surface area contributed by atoms with E-state index in [2.05, 4.69) is 88.7 Å². The number of hydrogen-bond acceptors (Lipinski definition) is 8. The molecule has 70 heavy (non-hydrogen) atoms. The van der Waals surface area contributed by atoms with Crippen LogP contribution in [-0.2, 0) is 26.3 Å². The molecule has 1 aliphatic heterocycles. The fraction of sp³-hybridized carbons (Fsp3) is 0.339. The Bertz CT molecular complexity index is 2640. The number of ether oxygens (including phenoxy) is 1. The number of halogens is 4. The minimum Gasteiger partial charge on any atom is -0.481 e. The maximum absolute atomic E-state index is 11.5. The van der Waals surface area contributed by atoms with Gasteiger partial charge in [-0.3, -0.25) is 14.6 Å². The van der Waals surface area contributed by atoms with Crippen molar-refractivity contribution in [2.24, 2.45) is 5.41 Å². The molecule has 2 fully saturated rings. The van der Waals surface area contributed by atoms with Gasteiger partial charge in [0.2, 0.25) is 0 Å². The summed E-state index contributed by atoms with van der Waals surface area (Å²) in [5, 5.41) is 31.5. The third-order valence-corrected chi connectivity index (χ3v) is 14.9. The maximum atomic E-state index is 11.5. The number of carbonyl (C=O) groups is 2. The van der Waals surface area contributed by atoms with E-state index in [1.54, 1.807) is 0 Å². The lowest BCUT2D eigenvalue weighted by Crippen LogP contribution is -2.48. The Balaban J connectivity index is 0.000000275. The molecule has 1 saturated carbocycles. The summed E-state index contributed by atoms with van der Waals surface area (Å²) in [6, 6.07) is 45.3. The summed E-state index contributed by atoms with van der Waals surface area (Å²) in [5.74, 6) is -0.801. The number of fused-ring (bicyclic) bond motifs is 1. The zero-order chi connectivity index (χ0) is 48.1. The molecule has 6 aromatic rings. The second kappa shape index (κ2) is 26.8. The van der Waals surface area contributed by atoms with E-state index in [9.17, 15) is 19.8 Å². The highest BCUT2D eigenvalue weighted by Gasteiger charge is 2.44. The molecular formula is C56H63Cl4N3O6S. The van der Waals surface area contributed by atoms with Gasteiger partial charge in [0.15, 0.2) is 0 Å². The van der Waals surface area contributed by atoms with Gasteiger partial charge in [-0.1, -0.05) is 132 Å². The summed E-state index contributed by atoms with van der Waals surface area (Å²) in [6.07, 6.45) is 8.02. The molecule has 0 unspecified atom stereocenters. The summed E-state index contributed by atoms with van der Waals surface area (Å²) in [5.41, 5.74) is 7.67. The van der Waals surface area contributed by atoms with Crippen LogP contribution in [0.4, 0.5) is 0 Å². The van der Waals surface area contributed by atoms with E-state index < -0.39 is 17.5 Å². The Kier molecular flexibility index (Phi) is 21.6. The topological polar surface area (TPSA) is 123 Å². The summed E-state index contributed by atoms with van der Waals surface area (Å²) < 4.78 is 5.15. The van der Waals surface area contributed by atoms with Crippen LogP contribution < -0.4 is 0 Å². The number of pyridine rings is 1. The predicted molar refractivity (Wildman–Crippen MR) is 292 cm³/mol. The van der Waals surface area contributed by atoms with Crippen molar-refractivity contribution in [3.05, 3.63) is 183 Å². The molecule has 1 saturated heterocycles. The van der Waals surface area contributed by atoms with E-state index in [1.807, 2.05) is 92.3 Å². The number of aryl methyl sites for hydroxylation is 1. The van der Waals surface area contributed by atoms with Gasteiger partial charge in [-0.05, 0) is 115 Å². The molecule has 5 aromatic carbocycles. The summed E-state index contributed by atoms with van der Waals surface area (Å²) in [4.78, 5) is 31.5. The van der Waals surface area contributed by atoms with E-state index in [0.717, 1.165) is 102 Å². The van der Waals surface area contributed by atoms with Crippen LogP contribution in [0.15, 0.2) is 133 Å². The highest BCUT2D eigenvalue weighted by atomic mass is 35.5. The summed E-state index contributed by atoms with van der Waals surface area (Å²) in [7, 11) is 0. The number of carboxylic acids is 2. The Morgan fingerprint density at radius 1 is 0.771 bits per heavy atom. The molecule has 0 spiro atoms. The van der Waals surface area contributed by atoms with Crippen LogP contribution in [0, 0.1) is 5.41 Å². The molecule has 8 rings (SSSR count). The van der Waals surface area contributed by atoms with Gasteiger partial charge in [0.25, 0.3) is 0 Å². The molecule has 2 atom stereocenters. The molecule has 2 heterocycles. The number of rotatable bonds is 20. The quantitative estimate of drug-likeness (QED) is 0.0637.